The van der Waals surface area contributed by atoms with Crippen molar-refractivity contribution in [3.05, 3.63) is 58.1 Å². The van der Waals surface area contributed by atoms with Crippen LogP contribution in [0.25, 0.3) is 0 Å². The van der Waals surface area contributed by atoms with Gasteiger partial charge in [0, 0.05) is 5.02 Å². The molecule has 20 heavy (non-hydrogen) atoms. The first-order valence-electron chi connectivity index (χ1n) is 5.60. The van der Waals surface area contributed by atoms with Crippen LogP contribution in [0.15, 0.2) is 47.4 Å². The Labute approximate surface area is 127 Å². The lowest BCUT2D eigenvalue weighted by atomic mass is 10.2. The second kappa shape index (κ2) is 6.01. The molecule has 0 saturated heterocycles. The molecule has 0 amide bonds. The predicted octanol–water partition coefficient (Wildman–Crippen LogP) is 3.29. The summed E-state index contributed by atoms with van der Waals surface area (Å²) in [5, 5.41) is 9.73. The SMILES string of the molecule is O=S(=O)(Nc1ccccc1Cl)c1ccc(Cl)c(CO)c1. The molecule has 0 aromatic heterocycles. The lowest BCUT2D eigenvalue weighted by Crippen LogP contribution is -2.13. The van der Waals surface area contributed by atoms with Crippen LogP contribution in [0.2, 0.25) is 10.0 Å². The number of anilines is 1. The largest absolute Gasteiger partial charge is 0.392 e. The Morgan fingerprint density at radius 1 is 1.05 bits per heavy atom. The maximum Gasteiger partial charge on any atom is 0.261 e. The molecule has 0 spiro atoms. The Bertz CT molecular complexity index is 732. The topological polar surface area (TPSA) is 66.4 Å². The quantitative estimate of drug-likeness (QED) is 0.903. The highest BCUT2D eigenvalue weighted by molar-refractivity contribution is 7.92. The van der Waals surface area contributed by atoms with Crippen LogP contribution in [-0.4, -0.2) is 13.5 Å². The molecular formula is C13H11Cl2NO3S. The summed E-state index contributed by atoms with van der Waals surface area (Å²) < 4.78 is 26.9. The molecule has 2 aromatic carbocycles. The summed E-state index contributed by atoms with van der Waals surface area (Å²) >= 11 is 11.7. The monoisotopic (exact) mass is 331 g/mol. The highest BCUT2D eigenvalue weighted by Crippen LogP contribution is 2.26. The highest BCUT2D eigenvalue weighted by Gasteiger charge is 2.17. The molecule has 4 nitrogen and oxygen atoms in total. The number of aliphatic hydroxyl groups excluding tert-OH is 1. The number of nitrogens with one attached hydrogen (secondary N) is 1. The second-order valence-corrected chi connectivity index (χ2v) is 6.49. The molecular weight excluding hydrogens is 321 g/mol. The number of hydrogen-bond acceptors (Lipinski definition) is 3. The van der Waals surface area contributed by atoms with Crippen LogP contribution in [0.3, 0.4) is 0 Å². The molecule has 0 atom stereocenters. The Morgan fingerprint density at radius 2 is 1.75 bits per heavy atom. The van der Waals surface area contributed by atoms with Crippen molar-refractivity contribution in [2.45, 2.75) is 11.5 Å². The molecule has 0 aliphatic carbocycles. The smallest absolute Gasteiger partial charge is 0.261 e. The minimum atomic E-state index is -3.79. The number of para-hydroxylation sites is 1. The Morgan fingerprint density at radius 3 is 2.40 bits per heavy atom. The van der Waals surface area contributed by atoms with E-state index in [1.807, 2.05) is 0 Å². The van der Waals surface area contributed by atoms with Gasteiger partial charge in [0.2, 0.25) is 0 Å². The first-order chi connectivity index (χ1) is 9.44. The molecule has 0 unspecified atom stereocenters. The van der Waals surface area contributed by atoms with E-state index >= 15 is 0 Å². The van der Waals surface area contributed by atoms with Gasteiger partial charge in [0.1, 0.15) is 0 Å². The van der Waals surface area contributed by atoms with Crippen molar-refractivity contribution in [3.63, 3.8) is 0 Å². The van der Waals surface area contributed by atoms with Gasteiger partial charge in [0.15, 0.2) is 0 Å². The molecule has 0 fully saturated rings. The summed E-state index contributed by atoms with van der Waals surface area (Å²) in [6, 6.07) is 10.6. The van der Waals surface area contributed by atoms with Gasteiger partial charge >= 0.3 is 0 Å². The maximum absolute atomic E-state index is 12.2. The van der Waals surface area contributed by atoms with Crippen molar-refractivity contribution in [2.75, 3.05) is 4.72 Å². The minimum absolute atomic E-state index is 0.00543. The van der Waals surface area contributed by atoms with Gasteiger partial charge < -0.3 is 5.11 Å². The van der Waals surface area contributed by atoms with Gasteiger partial charge in [0.05, 0.1) is 22.2 Å². The standard InChI is InChI=1S/C13H11Cl2NO3S/c14-11-6-5-10(7-9(11)8-17)20(18,19)16-13-4-2-1-3-12(13)15/h1-7,16-17H,8H2. The summed E-state index contributed by atoms with van der Waals surface area (Å²) in [5.74, 6) is 0. The fourth-order valence-corrected chi connectivity index (χ4v) is 3.13. The first-order valence-corrected chi connectivity index (χ1v) is 7.84. The first kappa shape index (κ1) is 15.1. The molecule has 106 valence electrons. The summed E-state index contributed by atoms with van der Waals surface area (Å²) in [4.78, 5) is 0.00543. The molecule has 0 heterocycles. The summed E-state index contributed by atoms with van der Waals surface area (Å²) in [6.45, 7) is -0.339. The third-order valence-electron chi connectivity index (χ3n) is 2.62. The van der Waals surface area contributed by atoms with Gasteiger partial charge in [-0.2, -0.15) is 0 Å². The van der Waals surface area contributed by atoms with E-state index in [0.29, 0.717) is 15.6 Å². The maximum atomic E-state index is 12.2. The van der Waals surface area contributed by atoms with Crippen LogP contribution < -0.4 is 4.72 Å². The number of hydrogen-bond donors (Lipinski definition) is 2. The fourth-order valence-electron chi connectivity index (χ4n) is 1.59. The van der Waals surface area contributed by atoms with Crippen LogP contribution in [0, 0.1) is 0 Å². The van der Waals surface area contributed by atoms with Crippen molar-refractivity contribution in [2.24, 2.45) is 0 Å². The van der Waals surface area contributed by atoms with Crippen molar-refractivity contribution < 1.29 is 13.5 Å². The molecule has 0 saturated carbocycles. The van der Waals surface area contributed by atoms with Crippen molar-refractivity contribution in [3.8, 4) is 0 Å². The summed E-state index contributed by atoms with van der Waals surface area (Å²) in [7, 11) is -3.79. The number of sulfonamides is 1. The number of halogens is 2. The number of rotatable bonds is 4. The number of benzene rings is 2. The second-order valence-electron chi connectivity index (χ2n) is 4.00. The Kier molecular flexibility index (Phi) is 4.55. The van der Waals surface area contributed by atoms with Crippen LogP contribution in [0.5, 0.6) is 0 Å². The van der Waals surface area contributed by atoms with Gasteiger partial charge in [-0.3, -0.25) is 4.72 Å². The zero-order chi connectivity index (χ0) is 14.8. The zero-order valence-corrected chi connectivity index (χ0v) is 12.5. The van der Waals surface area contributed by atoms with Crippen molar-refractivity contribution >= 4 is 38.9 Å². The van der Waals surface area contributed by atoms with Gasteiger partial charge in [-0.1, -0.05) is 35.3 Å². The van der Waals surface area contributed by atoms with Gasteiger partial charge in [-0.15, -0.1) is 0 Å². The lowest BCUT2D eigenvalue weighted by molar-refractivity contribution is 0.281. The van der Waals surface area contributed by atoms with Gasteiger partial charge in [-0.25, -0.2) is 8.42 Å². The molecule has 7 heteroatoms. The molecule has 2 aromatic rings. The third-order valence-corrected chi connectivity index (χ3v) is 4.68. The summed E-state index contributed by atoms with van der Waals surface area (Å²) in [5.41, 5.74) is 0.628. The highest BCUT2D eigenvalue weighted by atomic mass is 35.5. The molecule has 0 bridgehead atoms. The van der Waals surface area contributed by atoms with E-state index in [0.717, 1.165) is 0 Å². The molecule has 0 radical (unpaired) electrons. The van der Waals surface area contributed by atoms with Crippen LogP contribution in [0.4, 0.5) is 5.69 Å². The average Bonchev–Trinajstić information content (AvgIpc) is 2.41. The van der Waals surface area contributed by atoms with E-state index < -0.39 is 10.0 Å². The van der Waals surface area contributed by atoms with E-state index in [2.05, 4.69) is 4.72 Å². The van der Waals surface area contributed by atoms with Crippen LogP contribution in [-0.2, 0) is 16.6 Å². The number of aliphatic hydroxyl groups is 1. The van der Waals surface area contributed by atoms with Gasteiger partial charge in [0.25, 0.3) is 10.0 Å². The normalized spacial score (nSPS) is 11.3. The fraction of sp³-hybridized carbons (Fsp3) is 0.0769. The third kappa shape index (κ3) is 3.24. The summed E-state index contributed by atoms with van der Waals surface area (Å²) in [6.07, 6.45) is 0. The molecule has 0 aliphatic heterocycles. The van der Waals surface area contributed by atoms with E-state index in [-0.39, 0.29) is 17.2 Å². The average molecular weight is 332 g/mol. The zero-order valence-electron chi connectivity index (χ0n) is 10.2. The Balaban J connectivity index is 2.38. The Hall–Kier alpha value is -1.27. The molecule has 2 N–H and O–H groups in total. The van der Waals surface area contributed by atoms with E-state index in [4.69, 9.17) is 28.3 Å². The van der Waals surface area contributed by atoms with Crippen molar-refractivity contribution in [1.82, 2.24) is 0 Å². The van der Waals surface area contributed by atoms with E-state index in [9.17, 15) is 8.42 Å². The van der Waals surface area contributed by atoms with E-state index in [1.54, 1.807) is 24.3 Å². The lowest BCUT2D eigenvalue weighted by Gasteiger charge is -2.10. The molecule has 0 aliphatic rings. The molecule has 2 rings (SSSR count). The van der Waals surface area contributed by atoms with Crippen LogP contribution in [0.1, 0.15) is 5.56 Å². The minimum Gasteiger partial charge on any atom is -0.392 e. The van der Waals surface area contributed by atoms with Crippen LogP contribution >= 0.6 is 23.2 Å². The predicted molar refractivity (Wildman–Crippen MR) is 79.6 cm³/mol. The van der Waals surface area contributed by atoms with E-state index in [1.165, 1.54) is 18.2 Å². The van der Waals surface area contributed by atoms with Gasteiger partial charge in [-0.05, 0) is 35.9 Å². The van der Waals surface area contributed by atoms with Crippen molar-refractivity contribution in [1.29, 1.82) is 0 Å².